The second-order valence-electron chi connectivity index (χ2n) is 3.88. The number of rotatable bonds is 4. The van der Waals surface area contributed by atoms with E-state index in [1.54, 1.807) is 0 Å². The number of hydrogen-bond acceptors (Lipinski definition) is 3. The van der Waals surface area contributed by atoms with Gasteiger partial charge in [-0.3, -0.25) is 0 Å². The van der Waals surface area contributed by atoms with E-state index in [4.69, 9.17) is 10.6 Å². The average Bonchev–Trinajstić information content (AvgIpc) is 2.80. The zero-order valence-electron chi connectivity index (χ0n) is 8.82. The van der Waals surface area contributed by atoms with Gasteiger partial charge in [0.15, 0.2) is 0 Å². The summed E-state index contributed by atoms with van der Waals surface area (Å²) in [4.78, 5) is 4.63. The van der Waals surface area contributed by atoms with Crippen LogP contribution >= 0.6 is 0 Å². The maximum atomic E-state index is 5.42. The van der Waals surface area contributed by atoms with Gasteiger partial charge in [0.05, 0.1) is 13.2 Å². The van der Waals surface area contributed by atoms with Crippen molar-refractivity contribution in [2.24, 2.45) is 5.90 Å². The van der Waals surface area contributed by atoms with Gasteiger partial charge in [-0.2, -0.15) is 0 Å². The number of benzene rings is 1. The second kappa shape index (κ2) is 5.26. The van der Waals surface area contributed by atoms with Gasteiger partial charge in [-0.05, 0) is 24.0 Å². The highest BCUT2D eigenvalue weighted by atomic mass is 16.6. The van der Waals surface area contributed by atoms with E-state index in [0.29, 0.717) is 12.5 Å². The predicted octanol–water partition coefficient (Wildman–Crippen LogP) is 1.62. The van der Waals surface area contributed by atoms with Crippen LogP contribution in [0, 0.1) is 0 Å². The van der Waals surface area contributed by atoms with Crippen LogP contribution in [0.1, 0.15) is 23.5 Å². The molecule has 1 aromatic rings. The Morgan fingerprint density at radius 2 is 2.27 bits per heavy atom. The molecular formula is C12H17NO2. The molecule has 2 rings (SSSR count). The Labute approximate surface area is 90.1 Å². The van der Waals surface area contributed by atoms with E-state index in [0.717, 1.165) is 26.1 Å². The Hall–Kier alpha value is -0.900. The Kier molecular flexibility index (Phi) is 3.72. The smallest absolute Gasteiger partial charge is 0.0719 e. The SMILES string of the molecule is NOCCc1ccccc1C1CCOC1. The van der Waals surface area contributed by atoms with Gasteiger partial charge in [-0.25, -0.2) is 5.90 Å². The van der Waals surface area contributed by atoms with Crippen molar-refractivity contribution < 1.29 is 9.57 Å². The normalized spacial score (nSPS) is 20.7. The minimum Gasteiger partial charge on any atom is -0.381 e. The molecule has 82 valence electrons. The first-order valence-electron chi connectivity index (χ1n) is 5.39. The molecule has 0 aliphatic carbocycles. The molecule has 0 spiro atoms. The van der Waals surface area contributed by atoms with Crippen molar-refractivity contribution in [1.29, 1.82) is 0 Å². The van der Waals surface area contributed by atoms with Crippen molar-refractivity contribution in [2.75, 3.05) is 19.8 Å². The molecule has 0 saturated carbocycles. The highest BCUT2D eigenvalue weighted by Gasteiger charge is 2.19. The summed E-state index contributed by atoms with van der Waals surface area (Å²) in [5, 5.41) is 0. The predicted molar refractivity (Wildman–Crippen MR) is 58.5 cm³/mol. The third-order valence-corrected chi connectivity index (χ3v) is 2.91. The molecule has 1 aliphatic rings. The fourth-order valence-electron chi connectivity index (χ4n) is 2.11. The molecule has 1 aliphatic heterocycles. The molecule has 2 N–H and O–H groups in total. The molecule has 3 nitrogen and oxygen atoms in total. The Morgan fingerprint density at radius 1 is 1.40 bits per heavy atom. The first kappa shape index (κ1) is 10.6. The number of hydrogen-bond donors (Lipinski definition) is 1. The molecule has 0 aromatic heterocycles. The molecule has 1 saturated heterocycles. The molecule has 1 atom stereocenters. The van der Waals surface area contributed by atoms with Crippen LogP contribution in [-0.4, -0.2) is 19.8 Å². The highest BCUT2D eigenvalue weighted by Crippen LogP contribution is 2.28. The van der Waals surface area contributed by atoms with Crippen molar-refractivity contribution >= 4 is 0 Å². The van der Waals surface area contributed by atoms with Crippen LogP contribution in [0.15, 0.2) is 24.3 Å². The van der Waals surface area contributed by atoms with Gasteiger partial charge >= 0.3 is 0 Å². The maximum absolute atomic E-state index is 5.42. The lowest BCUT2D eigenvalue weighted by molar-refractivity contribution is 0.141. The minimum absolute atomic E-state index is 0.555. The summed E-state index contributed by atoms with van der Waals surface area (Å²) in [5.74, 6) is 5.61. The molecule has 1 fully saturated rings. The van der Waals surface area contributed by atoms with Crippen molar-refractivity contribution in [1.82, 2.24) is 0 Å². The summed E-state index contributed by atoms with van der Waals surface area (Å²) in [6, 6.07) is 8.48. The van der Waals surface area contributed by atoms with Gasteiger partial charge in [0, 0.05) is 12.5 Å². The monoisotopic (exact) mass is 207 g/mol. The average molecular weight is 207 g/mol. The van der Waals surface area contributed by atoms with Gasteiger partial charge in [-0.15, -0.1) is 0 Å². The van der Waals surface area contributed by atoms with Crippen molar-refractivity contribution in [3.8, 4) is 0 Å². The molecule has 0 amide bonds. The number of nitrogens with two attached hydrogens (primary N) is 1. The van der Waals surface area contributed by atoms with Crippen molar-refractivity contribution in [3.05, 3.63) is 35.4 Å². The van der Waals surface area contributed by atoms with E-state index in [1.165, 1.54) is 11.1 Å². The molecule has 1 heterocycles. The van der Waals surface area contributed by atoms with Crippen molar-refractivity contribution in [2.45, 2.75) is 18.8 Å². The van der Waals surface area contributed by atoms with E-state index in [2.05, 4.69) is 29.1 Å². The minimum atomic E-state index is 0.555. The molecule has 1 aromatic carbocycles. The summed E-state index contributed by atoms with van der Waals surface area (Å²) in [6.45, 7) is 2.30. The molecule has 1 unspecified atom stereocenters. The largest absolute Gasteiger partial charge is 0.381 e. The lowest BCUT2D eigenvalue weighted by atomic mass is 9.92. The lowest BCUT2D eigenvalue weighted by Crippen LogP contribution is -2.08. The second-order valence-corrected chi connectivity index (χ2v) is 3.88. The van der Waals surface area contributed by atoms with Crippen LogP contribution in [0.5, 0.6) is 0 Å². The summed E-state index contributed by atoms with van der Waals surface area (Å²) in [6.07, 6.45) is 2.00. The van der Waals surface area contributed by atoms with Crippen LogP contribution in [0.3, 0.4) is 0 Å². The van der Waals surface area contributed by atoms with Gasteiger partial charge in [0.25, 0.3) is 0 Å². The van der Waals surface area contributed by atoms with Gasteiger partial charge < -0.3 is 9.57 Å². The van der Waals surface area contributed by atoms with Crippen LogP contribution in [0.25, 0.3) is 0 Å². The van der Waals surface area contributed by atoms with E-state index in [-0.39, 0.29) is 0 Å². The van der Waals surface area contributed by atoms with E-state index in [1.807, 2.05) is 0 Å². The topological polar surface area (TPSA) is 44.5 Å². The molecule has 0 bridgehead atoms. The molecule has 15 heavy (non-hydrogen) atoms. The van der Waals surface area contributed by atoms with Crippen LogP contribution in [-0.2, 0) is 16.0 Å². The maximum Gasteiger partial charge on any atom is 0.0719 e. The van der Waals surface area contributed by atoms with Crippen molar-refractivity contribution in [3.63, 3.8) is 0 Å². The van der Waals surface area contributed by atoms with E-state index < -0.39 is 0 Å². The fourth-order valence-corrected chi connectivity index (χ4v) is 2.11. The zero-order valence-corrected chi connectivity index (χ0v) is 8.82. The Morgan fingerprint density at radius 3 is 3.00 bits per heavy atom. The van der Waals surface area contributed by atoms with E-state index >= 15 is 0 Å². The van der Waals surface area contributed by atoms with Crippen LogP contribution in [0.2, 0.25) is 0 Å². The highest BCUT2D eigenvalue weighted by molar-refractivity contribution is 5.31. The fraction of sp³-hybridized carbons (Fsp3) is 0.500. The van der Waals surface area contributed by atoms with Crippen LogP contribution < -0.4 is 5.90 Å². The van der Waals surface area contributed by atoms with Crippen LogP contribution in [0.4, 0.5) is 0 Å². The lowest BCUT2D eigenvalue weighted by Gasteiger charge is -2.13. The van der Waals surface area contributed by atoms with E-state index in [9.17, 15) is 0 Å². The summed E-state index contributed by atoms with van der Waals surface area (Å²) in [5.41, 5.74) is 2.73. The number of ether oxygens (including phenoxy) is 1. The molecular weight excluding hydrogens is 190 g/mol. The summed E-state index contributed by atoms with van der Waals surface area (Å²) in [7, 11) is 0. The third kappa shape index (κ3) is 2.56. The first-order chi connectivity index (χ1) is 7.42. The summed E-state index contributed by atoms with van der Waals surface area (Å²) < 4.78 is 5.42. The molecule has 3 heteroatoms. The Bertz CT molecular complexity index is 308. The quantitative estimate of drug-likeness (QED) is 0.763. The Balaban J connectivity index is 2.13. The van der Waals surface area contributed by atoms with Gasteiger partial charge in [-0.1, -0.05) is 24.3 Å². The summed E-state index contributed by atoms with van der Waals surface area (Å²) >= 11 is 0. The standard InChI is InChI=1S/C12H17NO2/c13-15-8-6-10-3-1-2-4-12(10)11-5-7-14-9-11/h1-4,11H,5-9,13H2. The zero-order chi connectivity index (χ0) is 10.5. The van der Waals surface area contributed by atoms with Gasteiger partial charge in [0.2, 0.25) is 0 Å². The van der Waals surface area contributed by atoms with Gasteiger partial charge in [0.1, 0.15) is 0 Å². The molecule has 0 radical (unpaired) electrons. The third-order valence-electron chi connectivity index (χ3n) is 2.91. The first-order valence-corrected chi connectivity index (χ1v) is 5.39.